The highest BCUT2D eigenvalue weighted by Gasteiger charge is 2.26. The summed E-state index contributed by atoms with van der Waals surface area (Å²) < 4.78 is 33.0. The van der Waals surface area contributed by atoms with Crippen LogP contribution in [0.5, 0.6) is 5.75 Å². The molecule has 0 heterocycles. The molecule has 0 radical (unpaired) electrons. The summed E-state index contributed by atoms with van der Waals surface area (Å²) in [7, 11) is -3.66. The summed E-state index contributed by atoms with van der Waals surface area (Å²) in [5, 5.41) is 8.93. The Labute approximate surface area is 119 Å². The number of ether oxygens (including phenoxy) is 1. The van der Waals surface area contributed by atoms with Crippen molar-refractivity contribution in [1.82, 2.24) is 4.72 Å². The minimum Gasteiger partial charge on any atom is -0.492 e. The SMILES string of the molecule is CCOc1ccc(C#N)cc1S(=O)(=O)NC1CCCC1. The van der Waals surface area contributed by atoms with Gasteiger partial charge in [-0.05, 0) is 38.0 Å². The molecule has 2 rings (SSSR count). The molecular formula is C14H18N2O3S. The van der Waals surface area contributed by atoms with Crippen molar-refractivity contribution in [3.8, 4) is 11.8 Å². The van der Waals surface area contributed by atoms with Gasteiger partial charge in [0.1, 0.15) is 10.6 Å². The minimum atomic E-state index is -3.66. The van der Waals surface area contributed by atoms with Crippen LogP contribution in [0.3, 0.4) is 0 Å². The van der Waals surface area contributed by atoms with Crippen molar-refractivity contribution in [2.24, 2.45) is 0 Å². The first-order valence-corrected chi connectivity index (χ1v) is 8.24. The van der Waals surface area contributed by atoms with Gasteiger partial charge in [-0.2, -0.15) is 5.26 Å². The van der Waals surface area contributed by atoms with Crippen LogP contribution in [0.4, 0.5) is 0 Å². The lowest BCUT2D eigenvalue weighted by atomic mass is 10.2. The molecule has 1 aliphatic carbocycles. The van der Waals surface area contributed by atoms with Crippen LogP contribution >= 0.6 is 0 Å². The van der Waals surface area contributed by atoms with Gasteiger partial charge in [-0.15, -0.1) is 0 Å². The lowest BCUT2D eigenvalue weighted by Gasteiger charge is -2.15. The minimum absolute atomic E-state index is 0.0137. The van der Waals surface area contributed by atoms with Crippen molar-refractivity contribution in [2.75, 3.05) is 6.61 Å². The Hall–Kier alpha value is -1.58. The number of sulfonamides is 1. The molecule has 20 heavy (non-hydrogen) atoms. The van der Waals surface area contributed by atoms with E-state index < -0.39 is 10.0 Å². The highest BCUT2D eigenvalue weighted by atomic mass is 32.2. The maximum atomic E-state index is 12.5. The van der Waals surface area contributed by atoms with Crippen molar-refractivity contribution in [2.45, 2.75) is 43.5 Å². The summed E-state index contributed by atoms with van der Waals surface area (Å²) in [4.78, 5) is 0.0466. The molecular weight excluding hydrogens is 276 g/mol. The summed E-state index contributed by atoms with van der Waals surface area (Å²) in [5.41, 5.74) is 0.306. The van der Waals surface area contributed by atoms with Crippen LogP contribution in [0.25, 0.3) is 0 Å². The maximum absolute atomic E-state index is 12.5. The average Bonchev–Trinajstić information content (AvgIpc) is 2.91. The Morgan fingerprint density at radius 3 is 2.70 bits per heavy atom. The fourth-order valence-corrected chi connectivity index (χ4v) is 3.86. The Morgan fingerprint density at radius 1 is 1.40 bits per heavy atom. The second-order valence-corrected chi connectivity index (χ2v) is 6.49. The Kier molecular flexibility index (Phi) is 4.63. The van der Waals surface area contributed by atoms with Crippen LogP contribution in [0.1, 0.15) is 38.2 Å². The van der Waals surface area contributed by atoms with Crippen LogP contribution in [0.2, 0.25) is 0 Å². The Morgan fingerprint density at radius 2 is 2.10 bits per heavy atom. The number of hydrogen-bond acceptors (Lipinski definition) is 4. The maximum Gasteiger partial charge on any atom is 0.244 e. The lowest BCUT2D eigenvalue weighted by Crippen LogP contribution is -2.33. The van der Waals surface area contributed by atoms with Gasteiger partial charge < -0.3 is 4.74 Å². The van der Waals surface area contributed by atoms with Crippen molar-refractivity contribution in [3.05, 3.63) is 23.8 Å². The van der Waals surface area contributed by atoms with Gasteiger partial charge in [0.2, 0.25) is 10.0 Å². The van der Waals surface area contributed by atoms with Crippen LogP contribution in [0, 0.1) is 11.3 Å². The summed E-state index contributed by atoms with van der Waals surface area (Å²) in [6.45, 7) is 2.16. The average molecular weight is 294 g/mol. The molecule has 1 N–H and O–H groups in total. The molecule has 1 aromatic rings. The van der Waals surface area contributed by atoms with Crippen LogP contribution < -0.4 is 9.46 Å². The van der Waals surface area contributed by atoms with Gasteiger partial charge >= 0.3 is 0 Å². The molecule has 0 saturated heterocycles. The Bertz CT molecular complexity index is 614. The zero-order valence-corrected chi connectivity index (χ0v) is 12.2. The molecule has 0 atom stereocenters. The van der Waals surface area contributed by atoms with E-state index >= 15 is 0 Å². The third-order valence-electron chi connectivity index (χ3n) is 3.34. The summed E-state index contributed by atoms with van der Waals surface area (Å²) in [5.74, 6) is 0.289. The summed E-state index contributed by atoms with van der Waals surface area (Å²) in [6.07, 6.45) is 3.82. The number of benzene rings is 1. The van der Waals surface area contributed by atoms with E-state index in [1.54, 1.807) is 13.0 Å². The van der Waals surface area contributed by atoms with Gasteiger partial charge in [-0.3, -0.25) is 0 Å². The molecule has 108 valence electrons. The van der Waals surface area contributed by atoms with Crippen molar-refractivity contribution in [1.29, 1.82) is 5.26 Å². The van der Waals surface area contributed by atoms with E-state index in [0.717, 1.165) is 25.7 Å². The van der Waals surface area contributed by atoms with Gasteiger partial charge in [0.05, 0.1) is 18.2 Å². The van der Waals surface area contributed by atoms with E-state index in [4.69, 9.17) is 10.00 Å². The molecule has 5 nitrogen and oxygen atoms in total. The van der Waals surface area contributed by atoms with Gasteiger partial charge in [0.15, 0.2) is 0 Å². The molecule has 1 aromatic carbocycles. The molecule has 0 spiro atoms. The van der Waals surface area contributed by atoms with Crippen LogP contribution in [0.15, 0.2) is 23.1 Å². The van der Waals surface area contributed by atoms with E-state index in [0.29, 0.717) is 12.2 Å². The molecule has 0 bridgehead atoms. The van der Waals surface area contributed by atoms with Gasteiger partial charge in [0, 0.05) is 6.04 Å². The number of rotatable bonds is 5. The number of nitrogens with one attached hydrogen (secondary N) is 1. The third-order valence-corrected chi connectivity index (χ3v) is 4.88. The topological polar surface area (TPSA) is 79.2 Å². The first kappa shape index (κ1) is 14.8. The Balaban J connectivity index is 2.35. The largest absolute Gasteiger partial charge is 0.492 e. The number of nitrogens with zero attached hydrogens (tertiary/aromatic N) is 1. The molecule has 0 amide bonds. The molecule has 0 unspecified atom stereocenters. The van der Waals surface area contributed by atoms with Gasteiger partial charge in [-0.25, -0.2) is 13.1 Å². The molecule has 1 fully saturated rings. The molecule has 0 aliphatic heterocycles. The van der Waals surface area contributed by atoms with Gasteiger partial charge in [-0.1, -0.05) is 12.8 Å². The predicted molar refractivity (Wildman–Crippen MR) is 74.9 cm³/mol. The second kappa shape index (κ2) is 6.25. The molecule has 1 aliphatic rings. The summed E-state index contributed by atoms with van der Waals surface area (Å²) in [6, 6.07) is 6.39. The van der Waals surface area contributed by atoms with Crippen molar-refractivity contribution in [3.63, 3.8) is 0 Å². The second-order valence-electron chi connectivity index (χ2n) is 4.81. The lowest BCUT2D eigenvalue weighted by molar-refractivity contribution is 0.331. The normalized spacial score (nSPS) is 16.0. The predicted octanol–water partition coefficient (Wildman–Crippen LogP) is 2.18. The van der Waals surface area contributed by atoms with E-state index in [1.165, 1.54) is 12.1 Å². The van der Waals surface area contributed by atoms with E-state index in [2.05, 4.69) is 4.72 Å². The fraction of sp³-hybridized carbons (Fsp3) is 0.500. The van der Waals surface area contributed by atoms with Crippen molar-refractivity contribution >= 4 is 10.0 Å². The van der Waals surface area contributed by atoms with Gasteiger partial charge in [0.25, 0.3) is 0 Å². The summed E-state index contributed by atoms with van der Waals surface area (Å²) >= 11 is 0. The molecule has 0 aromatic heterocycles. The molecule has 1 saturated carbocycles. The quantitative estimate of drug-likeness (QED) is 0.902. The first-order valence-electron chi connectivity index (χ1n) is 6.76. The number of hydrogen-bond donors (Lipinski definition) is 1. The third kappa shape index (κ3) is 3.30. The van der Waals surface area contributed by atoms with Crippen LogP contribution in [-0.4, -0.2) is 21.1 Å². The van der Waals surface area contributed by atoms with E-state index in [1.807, 2.05) is 6.07 Å². The monoisotopic (exact) mass is 294 g/mol. The fourth-order valence-electron chi connectivity index (χ4n) is 2.39. The number of nitriles is 1. The highest BCUT2D eigenvalue weighted by Crippen LogP contribution is 2.27. The van der Waals surface area contributed by atoms with Crippen molar-refractivity contribution < 1.29 is 13.2 Å². The standard InChI is InChI=1S/C14H18N2O3S/c1-2-19-13-8-7-11(10-15)9-14(13)20(17,18)16-12-5-3-4-6-12/h7-9,12,16H,2-6H2,1H3. The zero-order chi connectivity index (χ0) is 14.6. The smallest absolute Gasteiger partial charge is 0.244 e. The molecule has 6 heteroatoms. The van der Waals surface area contributed by atoms with Crippen LogP contribution in [-0.2, 0) is 10.0 Å². The van der Waals surface area contributed by atoms with E-state index in [9.17, 15) is 8.42 Å². The first-order chi connectivity index (χ1) is 9.56. The zero-order valence-electron chi connectivity index (χ0n) is 11.4. The highest BCUT2D eigenvalue weighted by molar-refractivity contribution is 7.89. The van der Waals surface area contributed by atoms with E-state index in [-0.39, 0.29) is 16.7 Å².